The molecule has 5 rings (SSSR count). The number of fused-ring (bicyclic) bond motifs is 1. The predicted molar refractivity (Wildman–Crippen MR) is 182 cm³/mol. The van der Waals surface area contributed by atoms with Gasteiger partial charge in [-0.1, -0.05) is 30.4 Å². The molecule has 1 N–H and O–H groups in total. The van der Waals surface area contributed by atoms with Crippen molar-refractivity contribution < 1.29 is 24.2 Å². The second kappa shape index (κ2) is 13.8. The maximum absolute atomic E-state index is 14.9. The molecule has 2 unspecified atom stereocenters. The van der Waals surface area contributed by atoms with Gasteiger partial charge in [0, 0.05) is 56.4 Å². The first kappa shape index (κ1) is 33.4. The van der Waals surface area contributed by atoms with Crippen molar-refractivity contribution in [1.82, 2.24) is 4.90 Å². The molecular formula is C37H48N4O5. The minimum Gasteiger partial charge on any atom is -0.396 e. The van der Waals surface area contributed by atoms with Gasteiger partial charge in [-0.3, -0.25) is 14.4 Å². The molecule has 3 heterocycles. The first-order valence-corrected chi connectivity index (χ1v) is 16.6. The number of unbranched alkanes of at least 4 members (excludes halogenated alkanes) is 1. The first-order valence-electron chi connectivity index (χ1n) is 16.6. The van der Waals surface area contributed by atoms with Crippen molar-refractivity contribution in [3.8, 4) is 0 Å². The molecule has 3 aliphatic rings. The van der Waals surface area contributed by atoms with Crippen LogP contribution in [0.15, 0.2) is 79.9 Å². The van der Waals surface area contributed by atoms with Crippen LogP contribution in [0.2, 0.25) is 0 Å². The second-order valence-electron chi connectivity index (χ2n) is 12.7. The van der Waals surface area contributed by atoms with Crippen molar-refractivity contribution in [3.63, 3.8) is 0 Å². The fourth-order valence-electron chi connectivity index (χ4n) is 7.97. The number of carbonyl (C=O) groups is 3. The third-order valence-corrected chi connectivity index (χ3v) is 10.1. The lowest BCUT2D eigenvalue weighted by molar-refractivity contribution is -0.144. The van der Waals surface area contributed by atoms with Crippen LogP contribution in [0.3, 0.4) is 0 Å². The summed E-state index contributed by atoms with van der Waals surface area (Å²) >= 11 is 0. The zero-order valence-electron chi connectivity index (χ0n) is 27.4. The Kier molecular flexibility index (Phi) is 10.0. The number of para-hydroxylation sites is 1. The van der Waals surface area contributed by atoms with Crippen molar-refractivity contribution in [3.05, 3.63) is 79.9 Å². The summed E-state index contributed by atoms with van der Waals surface area (Å²) < 4.78 is 6.89. The van der Waals surface area contributed by atoms with Gasteiger partial charge in [0.05, 0.1) is 17.4 Å². The van der Waals surface area contributed by atoms with Crippen LogP contribution in [0.5, 0.6) is 0 Å². The molecule has 0 aromatic heterocycles. The van der Waals surface area contributed by atoms with Gasteiger partial charge in [-0.15, -0.1) is 13.2 Å². The Morgan fingerprint density at radius 3 is 2.09 bits per heavy atom. The molecule has 2 bridgehead atoms. The molecule has 0 radical (unpaired) electrons. The van der Waals surface area contributed by atoms with Crippen molar-refractivity contribution in [1.29, 1.82) is 0 Å². The van der Waals surface area contributed by atoms with Crippen LogP contribution in [0.25, 0.3) is 0 Å². The highest BCUT2D eigenvalue weighted by atomic mass is 16.5. The topological polar surface area (TPSA) is 93.6 Å². The minimum absolute atomic E-state index is 0.0139. The van der Waals surface area contributed by atoms with E-state index in [-0.39, 0.29) is 44.0 Å². The van der Waals surface area contributed by atoms with Gasteiger partial charge < -0.3 is 29.4 Å². The minimum atomic E-state index is -1.15. The lowest BCUT2D eigenvalue weighted by Crippen LogP contribution is -2.56. The highest BCUT2D eigenvalue weighted by molar-refractivity contribution is 6.06. The van der Waals surface area contributed by atoms with Gasteiger partial charge >= 0.3 is 0 Å². The predicted octanol–water partition coefficient (Wildman–Crippen LogP) is 4.81. The van der Waals surface area contributed by atoms with Crippen LogP contribution in [0, 0.1) is 11.8 Å². The summed E-state index contributed by atoms with van der Waals surface area (Å²) in [6, 6.07) is 16.4. The SMILES string of the molecule is C=CCN(C(=O)C1N(CCCCO)C(=O)[C@@H]2[C@H](C(=O)N(CC=C)c3ccccc3)[C@]3(C)CCC12O3)c1ccc(N(CC)CC)cc1. The highest BCUT2D eigenvalue weighted by Crippen LogP contribution is 2.63. The third-order valence-electron chi connectivity index (χ3n) is 10.1. The number of aliphatic hydroxyl groups is 1. The Labute approximate surface area is 273 Å². The van der Waals surface area contributed by atoms with Crippen LogP contribution in [0.1, 0.15) is 46.5 Å². The molecular weight excluding hydrogens is 580 g/mol. The normalized spacial score (nSPS) is 26.1. The van der Waals surface area contributed by atoms with E-state index >= 15 is 0 Å². The third kappa shape index (κ3) is 5.64. The molecule has 46 heavy (non-hydrogen) atoms. The number of rotatable bonds is 15. The standard InChI is InChI=1S/C37H48N4O5/c1-6-23-39(28-15-11-10-12-16-28)33(43)30-31-34(44)41(25-13-14-26-42)32(37(31)22-21-36(30,5)46-37)35(45)40(24-7-2)29-19-17-27(18-20-29)38(8-3)9-4/h6-7,10-12,15-20,30-32,42H,1-2,8-9,13-14,21-26H2,3-5H3/t30-,31+,32?,36+,37?/m1/s1. The Balaban J connectivity index is 1.55. The number of amides is 3. The molecule has 3 amide bonds. The Hall–Kier alpha value is -3.95. The summed E-state index contributed by atoms with van der Waals surface area (Å²) in [5.41, 5.74) is 0.428. The number of anilines is 3. The number of aliphatic hydroxyl groups excluding tert-OH is 1. The summed E-state index contributed by atoms with van der Waals surface area (Å²) in [4.78, 5) is 51.2. The number of hydrogen-bond donors (Lipinski definition) is 1. The molecule has 246 valence electrons. The smallest absolute Gasteiger partial charge is 0.253 e. The zero-order chi connectivity index (χ0) is 33.1. The van der Waals surface area contributed by atoms with E-state index in [1.54, 1.807) is 26.9 Å². The van der Waals surface area contributed by atoms with Crippen LogP contribution >= 0.6 is 0 Å². The Bertz CT molecular complexity index is 1430. The lowest BCUT2D eigenvalue weighted by atomic mass is 9.66. The van der Waals surface area contributed by atoms with Gasteiger partial charge in [0.25, 0.3) is 5.91 Å². The van der Waals surface area contributed by atoms with E-state index in [0.29, 0.717) is 31.4 Å². The number of nitrogens with zero attached hydrogens (tertiary/aromatic N) is 4. The summed E-state index contributed by atoms with van der Waals surface area (Å²) in [6.45, 7) is 16.5. The largest absolute Gasteiger partial charge is 0.396 e. The van der Waals surface area contributed by atoms with E-state index < -0.39 is 29.1 Å². The number of ether oxygens (including phenoxy) is 1. The molecule has 1 spiro atoms. The molecule has 9 heteroatoms. The molecule has 3 aliphatic heterocycles. The average molecular weight is 629 g/mol. The van der Waals surface area contributed by atoms with Gasteiger partial charge in [-0.2, -0.15) is 0 Å². The zero-order valence-corrected chi connectivity index (χ0v) is 27.4. The maximum atomic E-state index is 14.9. The van der Waals surface area contributed by atoms with Gasteiger partial charge in [0.15, 0.2) is 0 Å². The summed E-state index contributed by atoms with van der Waals surface area (Å²) in [7, 11) is 0. The van der Waals surface area contributed by atoms with Crippen LogP contribution in [0.4, 0.5) is 17.1 Å². The summed E-state index contributed by atoms with van der Waals surface area (Å²) in [5.74, 6) is -2.27. The molecule has 0 saturated carbocycles. The van der Waals surface area contributed by atoms with E-state index in [1.165, 1.54) is 0 Å². The maximum Gasteiger partial charge on any atom is 0.253 e. The van der Waals surface area contributed by atoms with Crippen molar-refractivity contribution in [2.24, 2.45) is 11.8 Å². The number of benzene rings is 2. The monoisotopic (exact) mass is 628 g/mol. The molecule has 9 nitrogen and oxygen atoms in total. The average Bonchev–Trinajstić information content (AvgIpc) is 3.64. The fourth-order valence-corrected chi connectivity index (χ4v) is 7.97. The fraction of sp³-hybridized carbons (Fsp3) is 0.486. The Morgan fingerprint density at radius 2 is 1.50 bits per heavy atom. The molecule has 3 fully saturated rings. The first-order chi connectivity index (χ1) is 22.2. The number of likely N-dealkylation sites (tertiary alicyclic amines) is 1. The van der Waals surface area contributed by atoms with E-state index in [1.807, 2.05) is 61.5 Å². The van der Waals surface area contributed by atoms with Crippen molar-refractivity contribution >= 4 is 34.8 Å². The molecule has 5 atom stereocenters. The number of hydrogen-bond acceptors (Lipinski definition) is 6. The van der Waals surface area contributed by atoms with Crippen LogP contribution < -0.4 is 14.7 Å². The van der Waals surface area contributed by atoms with E-state index in [4.69, 9.17) is 4.74 Å². The summed E-state index contributed by atoms with van der Waals surface area (Å²) in [6.07, 6.45) is 5.43. The number of carbonyl (C=O) groups excluding carboxylic acids is 3. The van der Waals surface area contributed by atoms with E-state index in [0.717, 1.165) is 24.5 Å². The molecule has 0 aliphatic carbocycles. The van der Waals surface area contributed by atoms with Crippen molar-refractivity contribution in [2.45, 2.75) is 63.7 Å². The highest BCUT2D eigenvalue weighted by Gasteiger charge is 2.78. The van der Waals surface area contributed by atoms with E-state index in [9.17, 15) is 19.5 Å². The van der Waals surface area contributed by atoms with Gasteiger partial charge in [0.2, 0.25) is 11.8 Å². The van der Waals surface area contributed by atoms with Crippen molar-refractivity contribution in [2.75, 3.05) is 54.0 Å². The van der Waals surface area contributed by atoms with Gasteiger partial charge in [-0.05, 0) is 82.9 Å². The summed E-state index contributed by atoms with van der Waals surface area (Å²) in [5, 5.41) is 9.54. The van der Waals surface area contributed by atoms with Gasteiger partial charge in [0.1, 0.15) is 11.6 Å². The Morgan fingerprint density at radius 1 is 0.913 bits per heavy atom. The van der Waals surface area contributed by atoms with Crippen LogP contribution in [-0.4, -0.2) is 84.3 Å². The molecule has 2 aromatic rings. The molecule has 3 saturated heterocycles. The van der Waals surface area contributed by atoms with Crippen LogP contribution in [-0.2, 0) is 19.1 Å². The molecule has 2 aromatic carbocycles. The quantitative estimate of drug-likeness (QED) is 0.225. The van der Waals surface area contributed by atoms with E-state index in [2.05, 4.69) is 31.9 Å². The lowest BCUT2D eigenvalue weighted by Gasteiger charge is -2.37. The second-order valence-corrected chi connectivity index (χ2v) is 12.7. The van der Waals surface area contributed by atoms with Gasteiger partial charge in [-0.25, -0.2) is 0 Å².